The Morgan fingerprint density at radius 2 is 1.18 bits per heavy atom. The summed E-state index contributed by atoms with van der Waals surface area (Å²) >= 11 is 0. The number of aliphatic hydroxyl groups excluding tert-OH is 13. The van der Waals surface area contributed by atoms with Crippen molar-refractivity contribution in [2.75, 3.05) is 26.4 Å². The van der Waals surface area contributed by atoms with E-state index in [1.165, 1.54) is 6.92 Å². The van der Waals surface area contributed by atoms with E-state index >= 15 is 0 Å². The third-order valence-electron chi connectivity index (χ3n) is 20.3. The van der Waals surface area contributed by atoms with Gasteiger partial charge in [0.2, 0.25) is 0 Å². The van der Waals surface area contributed by atoms with Crippen molar-refractivity contribution in [1.29, 1.82) is 0 Å². The van der Waals surface area contributed by atoms with Gasteiger partial charge in [0.1, 0.15) is 85.0 Å². The molecule has 410 valence electrons. The molecule has 8 rings (SSSR count). The van der Waals surface area contributed by atoms with E-state index in [0.29, 0.717) is 31.6 Å². The zero-order valence-electron chi connectivity index (χ0n) is 42.2. The Kier molecular flexibility index (Phi) is 16.0. The van der Waals surface area contributed by atoms with Crippen LogP contribution in [0.25, 0.3) is 0 Å². The Balaban J connectivity index is 0.926. The van der Waals surface area contributed by atoms with Gasteiger partial charge in [0.15, 0.2) is 18.9 Å². The fraction of sp³-hybridized carbons (Fsp3) is 0.980. The molecule has 0 radical (unpaired) electrons. The lowest BCUT2D eigenvalue weighted by Crippen LogP contribution is -2.63. The first-order chi connectivity index (χ1) is 33.2. The fourth-order valence-electron chi connectivity index (χ4n) is 16.3. The number of carbonyl (C=O) groups is 1. The molecule has 27 atom stereocenters. The number of aliphatic hydroxyl groups is 13. The summed E-state index contributed by atoms with van der Waals surface area (Å²) in [5.41, 5.74) is -2.58. The number of hydrogen-bond donors (Lipinski definition) is 13. The molecule has 3 aliphatic heterocycles. The molecule has 0 aromatic carbocycles. The Labute approximate surface area is 415 Å². The minimum atomic E-state index is -1.79. The van der Waals surface area contributed by atoms with Crippen LogP contribution in [0, 0.1) is 50.7 Å². The molecule has 8 aliphatic rings. The molecular weight excluding hydrogens is 937 g/mol. The van der Waals surface area contributed by atoms with Gasteiger partial charge in [-0.05, 0) is 123 Å². The second-order valence-electron chi connectivity index (χ2n) is 24.2. The van der Waals surface area contributed by atoms with Gasteiger partial charge in [0.05, 0.1) is 38.6 Å². The summed E-state index contributed by atoms with van der Waals surface area (Å²) in [7, 11) is 0. The zero-order valence-corrected chi connectivity index (χ0v) is 42.2. The average molecular weight is 1020 g/mol. The van der Waals surface area contributed by atoms with Crippen LogP contribution in [0.3, 0.4) is 0 Å². The molecule has 13 N–H and O–H groups in total. The molecular formula is C50H84O21. The lowest BCUT2D eigenvalue weighted by Gasteiger charge is -2.63. The van der Waals surface area contributed by atoms with E-state index in [1.807, 2.05) is 6.92 Å². The monoisotopic (exact) mass is 1020 g/mol. The summed E-state index contributed by atoms with van der Waals surface area (Å²) in [5, 5.41) is 138. The highest BCUT2D eigenvalue weighted by atomic mass is 16.7. The number of hydrogen-bond acceptors (Lipinski definition) is 21. The van der Waals surface area contributed by atoms with Crippen LogP contribution in [0.2, 0.25) is 0 Å². The predicted octanol–water partition coefficient (Wildman–Crippen LogP) is -1.68. The van der Waals surface area contributed by atoms with E-state index < -0.39 is 147 Å². The van der Waals surface area contributed by atoms with Crippen LogP contribution in [0.15, 0.2) is 0 Å². The standard InChI is InChI=1S/C50H84O21/c1-22(8-11-30(66-23(2)54)45(3,4)71-44-41(64)38(61)35(58)27(69-44)19-65-42-39(62)36(59)33(56)25(17-51)67-42)32-24(55)16-48(7)29-10-9-28-46(5,21-53)31(70-43-40(63)37(60)34(57)26(18-52)68-43)12-13-49(28)20-50(29,49)15-14-47(32,48)6/h22,24-44,51-53,55-64H,8-21H2,1-7H3/t22-,24+,25-,26-,27-,28+,29+,30+,31+,32+,33-,34-,35-,36+,37+,38+,39-,40-,41-,42-,43+,44+,46-,47-,48+,49-,50-/m1/s1. The highest BCUT2D eigenvalue weighted by molar-refractivity contribution is 5.66. The predicted molar refractivity (Wildman–Crippen MR) is 244 cm³/mol. The maximum absolute atomic E-state index is 12.7. The van der Waals surface area contributed by atoms with Crippen molar-refractivity contribution in [1.82, 2.24) is 0 Å². The van der Waals surface area contributed by atoms with Gasteiger partial charge in [-0.3, -0.25) is 4.79 Å². The smallest absolute Gasteiger partial charge is 0.303 e. The molecule has 0 aromatic rings. The second-order valence-corrected chi connectivity index (χ2v) is 24.2. The summed E-state index contributed by atoms with van der Waals surface area (Å²) in [5.74, 6) is -0.319. The topological polar surface area (TPSA) is 345 Å². The maximum atomic E-state index is 12.7. The molecule has 71 heavy (non-hydrogen) atoms. The quantitative estimate of drug-likeness (QED) is 0.0607. The Morgan fingerprint density at radius 1 is 0.648 bits per heavy atom. The van der Waals surface area contributed by atoms with E-state index in [0.717, 1.165) is 38.5 Å². The third-order valence-corrected chi connectivity index (χ3v) is 20.3. The van der Waals surface area contributed by atoms with Crippen molar-refractivity contribution < 1.29 is 104 Å². The van der Waals surface area contributed by atoms with E-state index in [2.05, 4.69) is 20.8 Å². The highest BCUT2D eigenvalue weighted by Gasteiger charge is 2.83. The molecule has 0 bridgehead atoms. The Bertz CT molecular complexity index is 1860. The summed E-state index contributed by atoms with van der Waals surface area (Å²) in [4.78, 5) is 12.7. The summed E-state index contributed by atoms with van der Waals surface area (Å²) < 4.78 is 41.3. The van der Waals surface area contributed by atoms with Crippen LogP contribution >= 0.6 is 0 Å². The van der Waals surface area contributed by atoms with Gasteiger partial charge in [-0.1, -0.05) is 27.7 Å². The minimum absolute atomic E-state index is 0.00873. The molecule has 3 saturated heterocycles. The summed E-state index contributed by atoms with van der Waals surface area (Å²) in [6.45, 7) is 11.5. The molecule has 8 fully saturated rings. The van der Waals surface area contributed by atoms with Crippen molar-refractivity contribution >= 4 is 5.97 Å². The number of ether oxygens (including phenoxy) is 7. The molecule has 2 spiro atoms. The lowest BCUT2D eigenvalue weighted by atomic mass is 9.41. The van der Waals surface area contributed by atoms with Crippen molar-refractivity contribution in [3.63, 3.8) is 0 Å². The van der Waals surface area contributed by atoms with Crippen LogP contribution in [0.1, 0.15) is 113 Å². The third kappa shape index (κ3) is 9.06. The molecule has 21 nitrogen and oxygen atoms in total. The van der Waals surface area contributed by atoms with E-state index in [4.69, 9.17) is 33.2 Å². The van der Waals surface area contributed by atoms with Gasteiger partial charge in [0.25, 0.3) is 0 Å². The van der Waals surface area contributed by atoms with Gasteiger partial charge >= 0.3 is 5.97 Å². The van der Waals surface area contributed by atoms with Crippen molar-refractivity contribution in [2.24, 2.45) is 50.7 Å². The SMILES string of the molecule is CC(=O)O[C@@H](CC[C@@H](C)[C@H]1[C@@H](O)C[C@@]2(C)[C@@H]3CC[C@H]4[C@@](C)(CO)[C@@H](O[C@@H]5O[C@H](CO)[C@@H](O)[C@H](O)[C@H]5O)CC[C@@]45C[C@]35CC[C@]12C)C(C)(C)O[C@@H]1O[C@H](CO[C@@H]2O[C@H](CO)[C@@H](O)[C@H](O)[C@H]2O)[C@@H](O)[C@H](O)[C@H]1O. The first-order valence-electron chi connectivity index (χ1n) is 25.9. The van der Waals surface area contributed by atoms with Gasteiger partial charge in [-0.15, -0.1) is 0 Å². The zero-order chi connectivity index (χ0) is 52.1. The summed E-state index contributed by atoms with van der Waals surface area (Å²) in [6.07, 6.45) is -17.7. The first kappa shape index (κ1) is 55.9. The minimum Gasteiger partial charge on any atom is -0.460 e. The molecule has 0 unspecified atom stereocenters. The van der Waals surface area contributed by atoms with Crippen LogP contribution in [-0.2, 0) is 38.0 Å². The summed E-state index contributed by atoms with van der Waals surface area (Å²) in [6, 6.07) is 0. The highest BCUT2D eigenvalue weighted by Crippen LogP contribution is 2.89. The van der Waals surface area contributed by atoms with Crippen LogP contribution in [-0.4, -0.2) is 215 Å². The van der Waals surface area contributed by atoms with Gasteiger partial charge in [-0.2, -0.15) is 0 Å². The lowest BCUT2D eigenvalue weighted by molar-refractivity contribution is -0.347. The van der Waals surface area contributed by atoms with E-state index in [-0.39, 0.29) is 46.0 Å². The average Bonchev–Trinajstić information content (AvgIpc) is 3.94. The molecule has 21 heteroatoms. The van der Waals surface area contributed by atoms with Gasteiger partial charge in [-0.25, -0.2) is 0 Å². The largest absolute Gasteiger partial charge is 0.460 e. The van der Waals surface area contributed by atoms with Crippen LogP contribution < -0.4 is 0 Å². The number of esters is 1. The van der Waals surface area contributed by atoms with E-state index in [1.54, 1.807) is 13.8 Å². The number of carbonyl (C=O) groups excluding carboxylic acids is 1. The number of fused-ring (bicyclic) bond motifs is 2. The Morgan fingerprint density at radius 3 is 1.77 bits per heavy atom. The first-order valence-corrected chi connectivity index (χ1v) is 25.9. The molecule has 5 aliphatic carbocycles. The molecule has 3 heterocycles. The Hall–Kier alpha value is -1.29. The van der Waals surface area contributed by atoms with Crippen molar-refractivity contribution in [3.8, 4) is 0 Å². The molecule has 5 saturated carbocycles. The fourth-order valence-corrected chi connectivity index (χ4v) is 16.3. The number of rotatable bonds is 16. The normalized spacial score (nSPS) is 52.6. The van der Waals surface area contributed by atoms with Gasteiger partial charge < -0.3 is 99.5 Å². The second kappa shape index (κ2) is 20.3. The van der Waals surface area contributed by atoms with Crippen LogP contribution in [0.5, 0.6) is 0 Å². The van der Waals surface area contributed by atoms with Crippen LogP contribution in [0.4, 0.5) is 0 Å². The van der Waals surface area contributed by atoms with E-state index in [9.17, 15) is 71.2 Å². The maximum Gasteiger partial charge on any atom is 0.303 e. The molecule has 0 amide bonds. The van der Waals surface area contributed by atoms with Gasteiger partial charge in [0, 0.05) is 12.3 Å². The molecule has 0 aromatic heterocycles. The van der Waals surface area contributed by atoms with Crippen molar-refractivity contribution in [3.05, 3.63) is 0 Å². The van der Waals surface area contributed by atoms with Crippen molar-refractivity contribution in [2.45, 2.75) is 229 Å².